The van der Waals surface area contributed by atoms with Crippen LogP contribution in [0.1, 0.15) is 36.7 Å². The van der Waals surface area contributed by atoms with Crippen molar-refractivity contribution in [3.05, 3.63) is 35.4 Å². The molecule has 4 N–H and O–H groups in total. The normalized spacial score (nSPS) is 9.90. The van der Waals surface area contributed by atoms with Gasteiger partial charge in [0, 0.05) is 25.1 Å². The highest BCUT2D eigenvalue weighted by atomic mass is 16.2. The highest BCUT2D eigenvalue weighted by Crippen LogP contribution is 2.04. The lowest BCUT2D eigenvalue weighted by molar-refractivity contribution is -0.119. The molecular weight excluding hydrogens is 272 g/mol. The molecule has 0 aromatic heterocycles. The molecule has 0 saturated heterocycles. The summed E-state index contributed by atoms with van der Waals surface area (Å²) in [6.07, 6.45) is 0. The first-order valence-corrected chi connectivity index (χ1v) is 6.58. The van der Waals surface area contributed by atoms with Crippen molar-refractivity contribution in [1.82, 2.24) is 21.5 Å². The van der Waals surface area contributed by atoms with E-state index < -0.39 is 5.91 Å². The van der Waals surface area contributed by atoms with Crippen LogP contribution in [0, 0.1) is 0 Å². The van der Waals surface area contributed by atoms with E-state index in [1.807, 2.05) is 13.8 Å². The zero-order valence-electron chi connectivity index (χ0n) is 12.3. The number of amides is 4. The third kappa shape index (κ3) is 6.42. The van der Waals surface area contributed by atoms with E-state index >= 15 is 0 Å². The first-order valence-electron chi connectivity index (χ1n) is 6.58. The van der Waals surface area contributed by atoms with Crippen molar-refractivity contribution in [2.24, 2.45) is 0 Å². The molecule has 1 aromatic rings. The molecule has 0 aliphatic heterocycles. The van der Waals surface area contributed by atoms with Gasteiger partial charge in [-0.05, 0) is 31.5 Å². The van der Waals surface area contributed by atoms with E-state index in [1.54, 1.807) is 24.3 Å². The van der Waals surface area contributed by atoms with Gasteiger partial charge in [-0.1, -0.05) is 12.1 Å². The van der Waals surface area contributed by atoms with Crippen molar-refractivity contribution in [3.63, 3.8) is 0 Å². The molecule has 4 amide bonds. The van der Waals surface area contributed by atoms with Crippen LogP contribution in [0.25, 0.3) is 0 Å². The zero-order valence-corrected chi connectivity index (χ0v) is 12.3. The van der Waals surface area contributed by atoms with Crippen LogP contribution in [0.15, 0.2) is 24.3 Å². The Morgan fingerprint density at radius 2 is 1.67 bits per heavy atom. The summed E-state index contributed by atoms with van der Waals surface area (Å²) in [6.45, 7) is 5.42. The molecule has 1 aromatic carbocycles. The second kappa shape index (κ2) is 7.88. The summed E-state index contributed by atoms with van der Waals surface area (Å²) in [7, 11) is 0. The van der Waals surface area contributed by atoms with Gasteiger partial charge in [-0.15, -0.1) is 0 Å². The van der Waals surface area contributed by atoms with Crippen molar-refractivity contribution in [2.75, 3.05) is 0 Å². The van der Waals surface area contributed by atoms with E-state index in [1.165, 1.54) is 6.92 Å². The van der Waals surface area contributed by atoms with Gasteiger partial charge in [-0.25, -0.2) is 4.79 Å². The number of benzene rings is 1. The summed E-state index contributed by atoms with van der Waals surface area (Å²) in [4.78, 5) is 33.8. The van der Waals surface area contributed by atoms with Crippen molar-refractivity contribution in [2.45, 2.75) is 33.4 Å². The summed E-state index contributed by atoms with van der Waals surface area (Å²) in [5.41, 5.74) is 5.77. The Morgan fingerprint density at radius 3 is 2.19 bits per heavy atom. The van der Waals surface area contributed by atoms with Gasteiger partial charge in [-0.3, -0.25) is 20.4 Å². The molecule has 0 heterocycles. The predicted octanol–water partition coefficient (Wildman–Crippen LogP) is 0.675. The smallest absolute Gasteiger partial charge is 0.315 e. The number of carbonyl (C=O) groups excluding carboxylic acids is 3. The highest BCUT2D eigenvalue weighted by Gasteiger charge is 2.06. The maximum absolute atomic E-state index is 11.6. The minimum Gasteiger partial charge on any atom is -0.336 e. The van der Waals surface area contributed by atoms with E-state index in [0.29, 0.717) is 12.1 Å². The number of carbonyl (C=O) groups is 3. The second-order valence-corrected chi connectivity index (χ2v) is 4.81. The Hall–Kier alpha value is -2.57. The minimum atomic E-state index is -0.401. The molecule has 114 valence electrons. The van der Waals surface area contributed by atoms with Gasteiger partial charge in [0.15, 0.2) is 0 Å². The second-order valence-electron chi connectivity index (χ2n) is 4.81. The summed E-state index contributed by atoms with van der Waals surface area (Å²) in [5.74, 6) is -0.748. The van der Waals surface area contributed by atoms with Gasteiger partial charge in [0.25, 0.3) is 5.91 Å². The molecule has 0 unspecified atom stereocenters. The van der Waals surface area contributed by atoms with E-state index in [-0.39, 0.29) is 18.0 Å². The first-order chi connectivity index (χ1) is 9.88. The van der Waals surface area contributed by atoms with Crippen molar-refractivity contribution >= 4 is 17.8 Å². The topological polar surface area (TPSA) is 99.3 Å². The minimum absolute atomic E-state index is 0.0739. The van der Waals surface area contributed by atoms with Gasteiger partial charge in [0.2, 0.25) is 5.91 Å². The Bertz CT molecular complexity index is 511. The fraction of sp³-hybridized carbons (Fsp3) is 0.357. The third-order valence-electron chi connectivity index (χ3n) is 2.44. The number of hydrazine groups is 1. The van der Waals surface area contributed by atoms with E-state index in [4.69, 9.17) is 0 Å². The van der Waals surface area contributed by atoms with Gasteiger partial charge in [0.05, 0.1) is 0 Å². The molecule has 21 heavy (non-hydrogen) atoms. The summed E-state index contributed by atoms with van der Waals surface area (Å²) in [6, 6.07) is 6.54. The maximum Gasteiger partial charge on any atom is 0.315 e. The van der Waals surface area contributed by atoms with Crippen LogP contribution < -0.4 is 21.5 Å². The van der Waals surface area contributed by atoms with Crippen molar-refractivity contribution in [3.8, 4) is 0 Å². The van der Waals surface area contributed by atoms with Gasteiger partial charge < -0.3 is 10.6 Å². The Morgan fingerprint density at radius 1 is 1.05 bits per heavy atom. The molecule has 1 rings (SSSR count). The average molecular weight is 292 g/mol. The highest BCUT2D eigenvalue weighted by molar-refractivity contribution is 5.95. The molecular formula is C14H20N4O3. The van der Waals surface area contributed by atoms with Crippen LogP contribution in [0.4, 0.5) is 4.79 Å². The standard InChI is InChI=1S/C14H20N4O3/c1-9(2)16-14(21)15-8-11-4-6-12(7-5-11)13(20)18-17-10(3)19/h4-7,9H,8H2,1-3H3,(H,17,19)(H,18,20)(H2,15,16,21). The van der Waals surface area contributed by atoms with Crippen molar-refractivity contribution < 1.29 is 14.4 Å². The van der Waals surface area contributed by atoms with Gasteiger partial charge in [-0.2, -0.15) is 0 Å². The molecule has 0 fully saturated rings. The number of urea groups is 1. The van der Waals surface area contributed by atoms with Crippen LogP contribution >= 0.6 is 0 Å². The van der Waals surface area contributed by atoms with Crippen LogP contribution in [0.5, 0.6) is 0 Å². The number of nitrogens with one attached hydrogen (secondary N) is 4. The molecule has 0 radical (unpaired) electrons. The van der Waals surface area contributed by atoms with E-state index in [2.05, 4.69) is 21.5 Å². The lowest BCUT2D eigenvalue weighted by Crippen LogP contribution is -2.40. The predicted molar refractivity (Wildman–Crippen MR) is 78.2 cm³/mol. The molecule has 0 saturated carbocycles. The van der Waals surface area contributed by atoms with E-state index in [0.717, 1.165) is 5.56 Å². The largest absolute Gasteiger partial charge is 0.336 e. The Labute approximate surface area is 123 Å². The molecule has 0 aliphatic rings. The monoisotopic (exact) mass is 292 g/mol. The third-order valence-corrected chi connectivity index (χ3v) is 2.44. The summed E-state index contributed by atoms with van der Waals surface area (Å²) >= 11 is 0. The lowest BCUT2D eigenvalue weighted by Gasteiger charge is -2.10. The van der Waals surface area contributed by atoms with Crippen LogP contribution in [0.3, 0.4) is 0 Å². The fourth-order valence-electron chi connectivity index (χ4n) is 1.49. The lowest BCUT2D eigenvalue weighted by atomic mass is 10.1. The average Bonchev–Trinajstić information content (AvgIpc) is 2.42. The Balaban J connectivity index is 2.48. The van der Waals surface area contributed by atoms with Crippen molar-refractivity contribution in [1.29, 1.82) is 0 Å². The van der Waals surface area contributed by atoms with Gasteiger partial charge in [0.1, 0.15) is 0 Å². The maximum atomic E-state index is 11.6. The number of hydrogen-bond acceptors (Lipinski definition) is 3. The first kappa shape index (κ1) is 16.5. The molecule has 0 atom stereocenters. The number of rotatable bonds is 4. The van der Waals surface area contributed by atoms with Crippen LogP contribution in [0.2, 0.25) is 0 Å². The molecule has 0 aliphatic carbocycles. The van der Waals surface area contributed by atoms with Gasteiger partial charge >= 0.3 is 6.03 Å². The molecule has 7 nitrogen and oxygen atoms in total. The molecule has 0 spiro atoms. The molecule has 0 bridgehead atoms. The van der Waals surface area contributed by atoms with E-state index in [9.17, 15) is 14.4 Å². The summed E-state index contributed by atoms with van der Waals surface area (Å²) in [5, 5.41) is 5.43. The summed E-state index contributed by atoms with van der Waals surface area (Å²) < 4.78 is 0. The molecule has 7 heteroatoms. The fourth-order valence-corrected chi connectivity index (χ4v) is 1.49. The van der Waals surface area contributed by atoms with Crippen LogP contribution in [-0.4, -0.2) is 23.9 Å². The quantitative estimate of drug-likeness (QED) is 0.614. The number of hydrogen-bond donors (Lipinski definition) is 4. The Kier molecular flexibility index (Phi) is 6.19. The zero-order chi connectivity index (χ0) is 15.8. The van der Waals surface area contributed by atoms with Crippen LogP contribution in [-0.2, 0) is 11.3 Å². The SMILES string of the molecule is CC(=O)NNC(=O)c1ccc(CNC(=O)NC(C)C)cc1.